The van der Waals surface area contributed by atoms with Gasteiger partial charge in [-0.3, -0.25) is 0 Å². The molecule has 0 radical (unpaired) electrons. The highest BCUT2D eigenvalue weighted by atomic mass is 16.6. The average Bonchev–Trinajstić information content (AvgIpc) is 2.29. The van der Waals surface area contributed by atoms with Crippen LogP contribution in [-0.4, -0.2) is 38.6 Å². The summed E-state index contributed by atoms with van der Waals surface area (Å²) in [7, 11) is 0. The molecule has 0 aromatic carbocycles. The molecule has 3 heteroatoms. The Hall–Kier alpha value is -0.120. The molecule has 4 unspecified atom stereocenters. The summed E-state index contributed by atoms with van der Waals surface area (Å²) >= 11 is 0. The molecule has 0 saturated carbocycles. The zero-order valence-corrected chi connectivity index (χ0v) is 11.2. The molecule has 0 bridgehead atoms. The van der Waals surface area contributed by atoms with Crippen molar-refractivity contribution >= 4 is 0 Å². The molecule has 17 heavy (non-hydrogen) atoms. The van der Waals surface area contributed by atoms with Crippen molar-refractivity contribution in [3.8, 4) is 0 Å². The van der Waals surface area contributed by atoms with Crippen LogP contribution in [0.4, 0.5) is 0 Å². The van der Waals surface area contributed by atoms with Gasteiger partial charge in [0.15, 0.2) is 0 Å². The molecule has 2 heterocycles. The van der Waals surface area contributed by atoms with Crippen LogP contribution in [0.15, 0.2) is 0 Å². The zero-order valence-electron chi connectivity index (χ0n) is 11.2. The highest BCUT2D eigenvalue weighted by Crippen LogP contribution is 2.21. The first-order valence-corrected chi connectivity index (χ1v) is 7.05. The van der Waals surface area contributed by atoms with Crippen molar-refractivity contribution in [1.29, 1.82) is 0 Å². The Morgan fingerprint density at radius 1 is 0.882 bits per heavy atom. The molecule has 0 aromatic heterocycles. The lowest BCUT2D eigenvalue weighted by atomic mass is 9.97. The van der Waals surface area contributed by atoms with Gasteiger partial charge in [0, 0.05) is 13.2 Å². The third kappa shape index (κ3) is 4.57. The molecule has 3 nitrogen and oxygen atoms in total. The van der Waals surface area contributed by atoms with Crippen molar-refractivity contribution in [2.75, 3.05) is 26.4 Å². The van der Waals surface area contributed by atoms with E-state index in [0.717, 1.165) is 51.1 Å². The molecule has 2 aliphatic heterocycles. The van der Waals surface area contributed by atoms with Crippen molar-refractivity contribution in [3.05, 3.63) is 0 Å². The Bertz CT molecular complexity index is 198. The third-order valence-corrected chi connectivity index (χ3v) is 3.87. The highest BCUT2D eigenvalue weighted by Gasteiger charge is 2.22. The van der Waals surface area contributed by atoms with Crippen LogP contribution in [0.3, 0.4) is 0 Å². The van der Waals surface area contributed by atoms with Crippen molar-refractivity contribution in [2.45, 2.75) is 51.7 Å². The van der Waals surface area contributed by atoms with E-state index in [4.69, 9.17) is 14.2 Å². The first-order valence-electron chi connectivity index (χ1n) is 7.05. The van der Waals surface area contributed by atoms with Crippen LogP contribution < -0.4 is 0 Å². The van der Waals surface area contributed by atoms with Gasteiger partial charge in [0.05, 0.1) is 25.4 Å². The second-order valence-corrected chi connectivity index (χ2v) is 5.78. The molecule has 2 fully saturated rings. The Labute approximate surface area is 105 Å². The fourth-order valence-electron chi connectivity index (χ4n) is 2.70. The summed E-state index contributed by atoms with van der Waals surface area (Å²) in [6.07, 6.45) is 5.28. The molecule has 4 atom stereocenters. The van der Waals surface area contributed by atoms with Crippen molar-refractivity contribution < 1.29 is 14.2 Å². The first kappa shape index (κ1) is 13.3. The van der Waals surface area contributed by atoms with E-state index < -0.39 is 0 Å². The van der Waals surface area contributed by atoms with Gasteiger partial charge in [0.25, 0.3) is 0 Å². The number of ether oxygens (including phenoxy) is 3. The minimum Gasteiger partial charge on any atom is -0.376 e. The lowest BCUT2D eigenvalue weighted by Crippen LogP contribution is -2.32. The molecule has 0 amide bonds. The van der Waals surface area contributed by atoms with Gasteiger partial charge in [-0.2, -0.15) is 0 Å². The smallest absolute Gasteiger partial charge is 0.0811 e. The fourth-order valence-corrected chi connectivity index (χ4v) is 2.70. The SMILES string of the molecule is CC1CCOC(COCC2CC(C)CCO2)C1. The van der Waals surface area contributed by atoms with Crippen LogP contribution in [0.1, 0.15) is 39.5 Å². The molecule has 2 aliphatic rings. The van der Waals surface area contributed by atoms with E-state index in [-0.39, 0.29) is 0 Å². The summed E-state index contributed by atoms with van der Waals surface area (Å²) in [5, 5.41) is 0. The quantitative estimate of drug-likeness (QED) is 0.758. The van der Waals surface area contributed by atoms with E-state index in [9.17, 15) is 0 Å². The number of hydrogen-bond donors (Lipinski definition) is 0. The summed E-state index contributed by atoms with van der Waals surface area (Å²) in [5.41, 5.74) is 0. The normalized spacial score (nSPS) is 39.2. The zero-order chi connectivity index (χ0) is 12.1. The molecule has 2 rings (SSSR count). The van der Waals surface area contributed by atoms with E-state index in [0.29, 0.717) is 12.2 Å². The lowest BCUT2D eigenvalue weighted by Gasteiger charge is -2.29. The predicted octanol–water partition coefficient (Wildman–Crippen LogP) is 2.63. The van der Waals surface area contributed by atoms with E-state index >= 15 is 0 Å². The van der Waals surface area contributed by atoms with Gasteiger partial charge in [-0.15, -0.1) is 0 Å². The maximum atomic E-state index is 5.76. The summed E-state index contributed by atoms with van der Waals surface area (Å²) in [6, 6.07) is 0. The van der Waals surface area contributed by atoms with E-state index in [1.54, 1.807) is 0 Å². The number of rotatable bonds is 4. The van der Waals surface area contributed by atoms with Gasteiger partial charge in [-0.1, -0.05) is 13.8 Å². The topological polar surface area (TPSA) is 27.7 Å². The lowest BCUT2D eigenvalue weighted by molar-refractivity contribution is -0.0917. The highest BCUT2D eigenvalue weighted by molar-refractivity contribution is 4.70. The molecule has 100 valence electrons. The Morgan fingerprint density at radius 3 is 1.76 bits per heavy atom. The molecule has 2 saturated heterocycles. The van der Waals surface area contributed by atoms with Crippen molar-refractivity contribution in [2.24, 2.45) is 11.8 Å². The first-order chi connectivity index (χ1) is 8.24. The Kier molecular flexibility index (Phi) is 5.26. The standard InChI is InChI=1S/C14H26O3/c1-11-3-5-16-13(7-11)9-15-10-14-8-12(2)4-6-17-14/h11-14H,3-10H2,1-2H3. The van der Waals surface area contributed by atoms with Gasteiger partial charge in [-0.05, 0) is 37.5 Å². The Balaban J connectivity index is 1.58. The van der Waals surface area contributed by atoms with Crippen LogP contribution in [-0.2, 0) is 14.2 Å². The van der Waals surface area contributed by atoms with Gasteiger partial charge < -0.3 is 14.2 Å². The maximum Gasteiger partial charge on any atom is 0.0811 e. The van der Waals surface area contributed by atoms with E-state index in [2.05, 4.69) is 13.8 Å². The van der Waals surface area contributed by atoms with Crippen LogP contribution in [0.25, 0.3) is 0 Å². The van der Waals surface area contributed by atoms with Gasteiger partial charge in [0.1, 0.15) is 0 Å². The summed E-state index contributed by atoms with van der Waals surface area (Å²) < 4.78 is 17.1. The summed E-state index contributed by atoms with van der Waals surface area (Å²) in [4.78, 5) is 0. The third-order valence-electron chi connectivity index (χ3n) is 3.87. The maximum absolute atomic E-state index is 5.76. The minimum absolute atomic E-state index is 0.305. The summed E-state index contributed by atoms with van der Waals surface area (Å²) in [6.45, 7) is 7.85. The van der Waals surface area contributed by atoms with Crippen LogP contribution in [0.2, 0.25) is 0 Å². The molecule has 0 aliphatic carbocycles. The van der Waals surface area contributed by atoms with Gasteiger partial charge in [-0.25, -0.2) is 0 Å². The molecule has 0 N–H and O–H groups in total. The molecular formula is C14H26O3. The van der Waals surface area contributed by atoms with Crippen LogP contribution in [0, 0.1) is 11.8 Å². The van der Waals surface area contributed by atoms with Gasteiger partial charge >= 0.3 is 0 Å². The van der Waals surface area contributed by atoms with Crippen molar-refractivity contribution in [3.63, 3.8) is 0 Å². The monoisotopic (exact) mass is 242 g/mol. The largest absolute Gasteiger partial charge is 0.376 e. The molecule has 0 aromatic rings. The van der Waals surface area contributed by atoms with Gasteiger partial charge in [0.2, 0.25) is 0 Å². The van der Waals surface area contributed by atoms with Crippen molar-refractivity contribution in [1.82, 2.24) is 0 Å². The Morgan fingerprint density at radius 2 is 1.35 bits per heavy atom. The van der Waals surface area contributed by atoms with Crippen LogP contribution in [0.5, 0.6) is 0 Å². The summed E-state index contributed by atoms with van der Waals surface area (Å²) in [5.74, 6) is 1.56. The van der Waals surface area contributed by atoms with Crippen LogP contribution >= 0.6 is 0 Å². The number of hydrogen-bond acceptors (Lipinski definition) is 3. The molecule has 0 spiro atoms. The van der Waals surface area contributed by atoms with E-state index in [1.807, 2.05) is 0 Å². The second kappa shape index (κ2) is 6.72. The predicted molar refractivity (Wildman–Crippen MR) is 67.1 cm³/mol. The van der Waals surface area contributed by atoms with E-state index in [1.165, 1.54) is 12.8 Å². The minimum atomic E-state index is 0.305. The average molecular weight is 242 g/mol. The fraction of sp³-hybridized carbons (Fsp3) is 1.00. The second-order valence-electron chi connectivity index (χ2n) is 5.78. The molecular weight excluding hydrogens is 216 g/mol.